The summed E-state index contributed by atoms with van der Waals surface area (Å²) >= 11 is 6.07. The van der Waals surface area contributed by atoms with E-state index in [-0.39, 0.29) is 42.7 Å². The Hall–Kier alpha value is -3.10. The van der Waals surface area contributed by atoms with Gasteiger partial charge < -0.3 is 26.2 Å². The van der Waals surface area contributed by atoms with Crippen molar-refractivity contribution in [3.63, 3.8) is 0 Å². The minimum absolute atomic E-state index is 0.0577. The summed E-state index contributed by atoms with van der Waals surface area (Å²) in [6, 6.07) is 11.4. The van der Waals surface area contributed by atoms with Gasteiger partial charge in [0, 0.05) is 17.5 Å². The molecule has 2 rings (SSSR count). The molecule has 0 radical (unpaired) electrons. The van der Waals surface area contributed by atoms with Crippen molar-refractivity contribution >= 4 is 29.4 Å². The maximum Gasteiger partial charge on any atom is 0.326 e. The standard InChI is InChI=1S/C25H32ClN3O5/c1-15(2)11-21(25(32)33)29-24(31)20(12-17-7-5-4-6-8-17)28-23(30)19-10-9-18(26)13-22(19)34-14-16(3)27/h4-10,13,15-16,20-21H,11-12,14,27H2,1-3H3,(H,28,30)(H,29,31)(H,32,33)/t16-,20+,21+/m1/s1. The van der Waals surface area contributed by atoms with Crippen LogP contribution in [-0.4, -0.2) is 47.6 Å². The molecule has 3 atom stereocenters. The average Bonchev–Trinajstić information content (AvgIpc) is 2.77. The summed E-state index contributed by atoms with van der Waals surface area (Å²) in [5.74, 6) is -1.97. The Kier molecular flexibility index (Phi) is 10.3. The predicted octanol–water partition coefficient (Wildman–Crippen LogP) is 3.02. The molecule has 0 unspecified atom stereocenters. The molecular formula is C25H32ClN3O5. The van der Waals surface area contributed by atoms with Crippen molar-refractivity contribution in [2.24, 2.45) is 11.7 Å². The number of carbonyl (C=O) groups is 3. The van der Waals surface area contributed by atoms with Crippen molar-refractivity contribution in [1.82, 2.24) is 10.6 Å². The zero-order valence-corrected chi connectivity index (χ0v) is 20.3. The van der Waals surface area contributed by atoms with Crippen LogP contribution in [0.25, 0.3) is 0 Å². The first-order valence-electron chi connectivity index (χ1n) is 11.1. The first kappa shape index (κ1) is 27.1. The number of carboxylic acids is 1. The predicted molar refractivity (Wildman–Crippen MR) is 131 cm³/mol. The maximum atomic E-state index is 13.2. The Morgan fingerprint density at radius 2 is 1.71 bits per heavy atom. The fourth-order valence-electron chi connectivity index (χ4n) is 3.28. The lowest BCUT2D eigenvalue weighted by molar-refractivity contribution is -0.142. The average molecular weight is 490 g/mol. The maximum absolute atomic E-state index is 13.2. The number of aliphatic carboxylic acids is 1. The highest BCUT2D eigenvalue weighted by Gasteiger charge is 2.28. The van der Waals surface area contributed by atoms with Crippen LogP contribution in [-0.2, 0) is 16.0 Å². The Morgan fingerprint density at radius 1 is 1.03 bits per heavy atom. The Labute approximate surface area is 204 Å². The molecule has 184 valence electrons. The summed E-state index contributed by atoms with van der Waals surface area (Å²) in [7, 11) is 0. The number of nitrogens with two attached hydrogens (primary N) is 1. The van der Waals surface area contributed by atoms with E-state index in [0.29, 0.717) is 5.02 Å². The number of nitrogens with one attached hydrogen (secondary N) is 2. The lowest BCUT2D eigenvalue weighted by Gasteiger charge is -2.23. The molecule has 0 saturated heterocycles. The molecule has 0 spiro atoms. The molecule has 9 heteroatoms. The fraction of sp³-hybridized carbons (Fsp3) is 0.400. The minimum atomic E-state index is -1.13. The summed E-state index contributed by atoms with van der Waals surface area (Å²) in [6.07, 6.45) is 0.440. The Balaban J connectivity index is 2.28. The van der Waals surface area contributed by atoms with Crippen molar-refractivity contribution < 1.29 is 24.2 Å². The highest BCUT2D eigenvalue weighted by molar-refractivity contribution is 6.30. The summed E-state index contributed by atoms with van der Waals surface area (Å²) in [4.78, 5) is 37.9. The third kappa shape index (κ3) is 8.68. The lowest BCUT2D eigenvalue weighted by Crippen LogP contribution is -2.52. The van der Waals surface area contributed by atoms with E-state index >= 15 is 0 Å². The van der Waals surface area contributed by atoms with Crippen molar-refractivity contribution in [1.29, 1.82) is 0 Å². The molecule has 0 aliphatic rings. The smallest absolute Gasteiger partial charge is 0.326 e. The van der Waals surface area contributed by atoms with E-state index in [9.17, 15) is 19.5 Å². The Morgan fingerprint density at radius 3 is 2.29 bits per heavy atom. The Bertz CT molecular complexity index is 982. The molecule has 8 nitrogen and oxygen atoms in total. The van der Waals surface area contributed by atoms with E-state index in [4.69, 9.17) is 22.1 Å². The van der Waals surface area contributed by atoms with E-state index in [1.54, 1.807) is 13.0 Å². The molecule has 0 aliphatic heterocycles. The van der Waals surface area contributed by atoms with Gasteiger partial charge in [-0.25, -0.2) is 4.79 Å². The number of carbonyl (C=O) groups excluding carboxylic acids is 2. The topological polar surface area (TPSA) is 131 Å². The van der Waals surface area contributed by atoms with Gasteiger partial charge in [0.15, 0.2) is 0 Å². The van der Waals surface area contributed by atoms with E-state index in [0.717, 1.165) is 5.56 Å². The number of carboxylic acid groups (broad SMARTS) is 1. The molecule has 0 heterocycles. The van der Waals surface area contributed by atoms with Gasteiger partial charge in [-0.3, -0.25) is 9.59 Å². The minimum Gasteiger partial charge on any atom is -0.491 e. The molecule has 5 N–H and O–H groups in total. The zero-order valence-electron chi connectivity index (χ0n) is 19.6. The molecule has 2 amide bonds. The first-order valence-corrected chi connectivity index (χ1v) is 11.5. The zero-order chi connectivity index (χ0) is 25.3. The number of rotatable bonds is 12. The molecule has 0 bridgehead atoms. The van der Waals surface area contributed by atoms with Gasteiger partial charge in [0.2, 0.25) is 5.91 Å². The van der Waals surface area contributed by atoms with Gasteiger partial charge >= 0.3 is 5.97 Å². The van der Waals surface area contributed by atoms with Gasteiger partial charge in [-0.1, -0.05) is 55.8 Å². The van der Waals surface area contributed by atoms with Crippen LogP contribution in [0.4, 0.5) is 0 Å². The highest BCUT2D eigenvalue weighted by Crippen LogP contribution is 2.24. The third-order valence-electron chi connectivity index (χ3n) is 4.92. The number of amides is 2. The van der Waals surface area contributed by atoms with Crippen LogP contribution in [0, 0.1) is 5.92 Å². The summed E-state index contributed by atoms with van der Waals surface area (Å²) < 4.78 is 5.65. The monoisotopic (exact) mass is 489 g/mol. The second kappa shape index (κ2) is 13.0. The summed E-state index contributed by atoms with van der Waals surface area (Å²) in [5, 5.41) is 15.2. The summed E-state index contributed by atoms with van der Waals surface area (Å²) in [5.41, 5.74) is 6.75. The van der Waals surface area contributed by atoms with Crippen molar-refractivity contribution in [3.05, 3.63) is 64.7 Å². The van der Waals surface area contributed by atoms with Crippen LogP contribution in [0.15, 0.2) is 48.5 Å². The second-order valence-electron chi connectivity index (χ2n) is 8.67. The first-order chi connectivity index (χ1) is 16.1. The molecule has 0 fully saturated rings. The number of hydrogen-bond donors (Lipinski definition) is 4. The highest BCUT2D eigenvalue weighted by atomic mass is 35.5. The van der Waals surface area contributed by atoms with Crippen molar-refractivity contribution in [2.45, 2.75) is 51.7 Å². The van der Waals surface area contributed by atoms with Gasteiger partial charge in [-0.15, -0.1) is 0 Å². The number of halogens is 1. The molecular weight excluding hydrogens is 458 g/mol. The van der Waals surface area contributed by atoms with Gasteiger partial charge in [0.25, 0.3) is 5.91 Å². The van der Waals surface area contributed by atoms with Crippen LogP contribution in [0.5, 0.6) is 5.75 Å². The fourth-order valence-corrected chi connectivity index (χ4v) is 3.45. The van der Waals surface area contributed by atoms with Crippen LogP contribution < -0.4 is 21.1 Å². The van der Waals surface area contributed by atoms with Crippen LogP contribution in [0.2, 0.25) is 5.02 Å². The van der Waals surface area contributed by atoms with Gasteiger partial charge in [-0.05, 0) is 43.0 Å². The van der Waals surface area contributed by atoms with Gasteiger partial charge in [0.1, 0.15) is 24.4 Å². The molecule has 0 aromatic heterocycles. The van der Waals surface area contributed by atoms with Gasteiger partial charge in [0.05, 0.1) is 5.56 Å². The quantitative estimate of drug-likeness (QED) is 0.362. The van der Waals surface area contributed by atoms with Crippen LogP contribution >= 0.6 is 11.6 Å². The van der Waals surface area contributed by atoms with Gasteiger partial charge in [-0.2, -0.15) is 0 Å². The SMILES string of the molecule is CC(C)C[C@H](NC(=O)[C@H](Cc1ccccc1)NC(=O)c1ccc(Cl)cc1OC[C@@H](C)N)C(=O)O. The number of ether oxygens (including phenoxy) is 1. The number of hydrogen-bond acceptors (Lipinski definition) is 5. The van der Waals surface area contributed by atoms with E-state index in [1.165, 1.54) is 12.1 Å². The molecule has 2 aromatic carbocycles. The summed E-state index contributed by atoms with van der Waals surface area (Å²) in [6.45, 7) is 5.68. The molecule has 2 aromatic rings. The van der Waals surface area contributed by atoms with E-state index in [1.807, 2.05) is 44.2 Å². The van der Waals surface area contributed by atoms with Crippen LogP contribution in [0.1, 0.15) is 43.1 Å². The lowest BCUT2D eigenvalue weighted by atomic mass is 10.0. The number of benzene rings is 2. The largest absolute Gasteiger partial charge is 0.491 e. The third-order valence-corrected chi connectivity index (χ3v) is 5.15. The van der Waals surface area contributed by atoms with Crippen molar-refractivity contribution in [2.75, 3.05) is 6.61 Å². The molecule has 0 aliphatic carbocycles. The normalized spacial score (nSPS) is 13.6. The van der Waals surface area contributed by atoms with Crippen LogP contribution in [0.3, 0.4) is 0 Å². The van der Waals surface area contributed by atoms with E-state index in [2.05, 4.69) is 10.6 Å². The second-order valence-corrected chi connectivity index (χ2v) is 9.11. The van der Waals surface area contributed by atoms with E-state index < -0.39 is 29.9 Å². The molecule has 34 heavy (non-hydrogen) atoms. The van der Waals surface area contributed by atoms with Crippen molar-refractivity contribution in [3.8, 4) is 5.75 Å². The molecule has 0 saturated carbocycles.